The first kappa shape index (κ1) is 14.6. The molecule has 1 rings (SSSR count). The maximum Gasteiger partial charge on any atom is 0.249 e. The average molecular weight is 248 g/mol. The molecule has 0 radical (unpaired) electrons. The van der Waals surface area contributed by atoms with Gasteiger partial charge in [-0.25, -0.2) is 0 Å². The van der Waals surface area contributed by atoms with Gasteiger partial charge in [-0.1, -0.05) is 36.4 Å². The summed E-state index contributed by atoms with van der Waals surface area (Å²) < 4.78 is 11.0. The number of rotatable bonds is 7. The van der Waals surface area contributed by atoms with Crippen LogP contribution in [0.4, 0.5) is 0 Å². The van der Waals surface area contributed by atoms with Crippen molar-refractivity contribution in [2.45, 2.75) is 26.6 Å². The van der Waals surface area contributed by atoms with Gasteiger partial charge in [-0.2, -0.15) is 0 Å². The number of carbonyl (C=O) groups is 1. The number of Topliss-reactive ketones (excluding diaryl/α,β-unsaturated/α-hetero) is 1. The molecule has 3 heteroatoms. The van der Waals surface area contributed by atoms with Gasteiger partial charge < -0.3 is 9.47 Å². The molecule has 0 fully saturated rings. The highest BCUT2D eigenvalue weighted by molar-refractivity contribution is 5.86. The van der Waals surface area contributed by atoms with Crippen LogP contribution in [-0.2, 0) is 14.3 Å². The van der Waals surface area contributed by atoms with Crippen molar-refractivity contribution in [3.8, 4) is 0 Å². The van der Waals surface area contributed by atoms with Crippen molar-refractivity contribution < 1.29 is 14.3 Å². The molecule has 0 amide bonds. The maximum atomic E-state index is 11.8. The third-order valence-electron chi connectivity index (χ3n) is 2.50. The minimum absolute atomic E-state index is 0.154. The van der Waals surface area contributed by atoms with Crippen LogP contribution in [0.1, 0.15) is 26.3 Å². The number of benzene rings is 1. The highest BCUT2D eigenvalue weighted by atomic mass is 16.7. The van der Waals surface area contributed by atoms with Crippen LogP contribution in [0.2, 0.25) is 0 Å². The first-order chi connectivity index (χ1) is 8.64. The Morgan fingerprint density at radius 2 is 1.72 bits per heavy atom. The quantitative estimate of drug-likeness (QED) is 0.696. The lowest BCUT2D eigenvalue weighted by molar-refractivity contribution is -0.200. The van der Waals surface area contributed by atoms with Crippen molar-refractivity contribution in [2.24, 2.45) is 0 Å². The Morgan fingerprint density at radius 1 is 1.17 bits per heavy atom. The highest BCUT2D eigenvalue weighted by Gasteiger charge is 2.34. The van der Waals surface area contributed by atoms with Crippen molar-refractivity contribution in [2.75, 3.05) is 13.2 Å². The van der Waals surface area contributed by atoms with Crippen molar-refractivity contribution in [1.29, 1.82) is 0 Å². The molecule has 0 aliphatic heterocycles. The molecule has 0 aliphatic rings. The summed E-state index contributed by atoms with van der Waals surface area (Å²) in [6, 6.07) is 9.74. The minimum atomic E-state index is -1.26. The molecule has 0 heterocycles. The lowest BCUT2D eigenvalue weighted by atomic mass is 10.1. The zero-order valence-corrected chi connectivity index (χ0v) is 11.2. The maximum absolute atomic E-state index is 11.8. The van der Waals surface area contributed by atoms with Crippen LogP contribution in [0.5, 0.6) is 0 Å². The Bertz CT molecular complexity index is 389. The fourth-order valence-electron chi connectivity index (χ4n) is 1.66. The van der Waals surface area contributed by atoms with Gasteiger partial charge in [0.05, 0.1) is 0 Å². The predicted octanol–water partition coefficient (Wildman–Crippen LogP) is 3.06. The number of ketones is 1. The summed E-state index contributed by atoms with van der Waals surface area (Å²) >= 11 is 0. The molecule has 0 spiro atoms. The van der Waals surface area contributed by atoms with Gasteiger partial charge in [-0.3, -0.25) is 4.79 Å². The first-order valence-electron chi connectivity index (χ1n) is 6.18. The van der Waals surface area contributed by atoms with Crippen LogP contribution < -0.4 is 0 Å². The lowest BCUT2D eigenvalue weighted by Gasteiger charge is -2.27. The number of carbonyl (C=O) groups excluding carboxylic acids is 1. The summed E-state index contributed by atoms with van der Waals surface area (Å²) in [5.41, 5.74) is 1.00. The third kappa shape index (κ3) is 3.79. The zero-order valence-electron chi connectivity index (χ0n) is 11.2. The summed E-state index contributed by atoms with van der Waals surface area (Å²) in [7, 11) is 0. The largest absolute Gasteiger partial charge is 0.341 e. The minimum Gasteiger partial charge on any atom is -0.341 e. The van der Waals surface area contributed by atoms with Gasteiger partial charge in [0.15, 0.2) is 5.78 Å². The lowest BCUT2D eigenvalue weighted by Crippen LogP contribution is -2.41. The Morgan fingerprint density at radius 3 is 2.17 bits per heavy atom. The highest BCUT2D eigenvalue weighted by Crippen LogP contribution is 2.19. The Hall–Kier alpha value is -1.45. The SMILES string of the molecule is CCOC(C=Cc1ccccc1)(OCC)C(C)=O. The molecule has 0 saturated carbocycles. The van der Waals surface area contributed by atoms with Crippen molar-refractivity contribution in [1.82, 2.24) is 0 Å². The fourth-order valence-corrected chi connectivity index (χ4v) is 1.66. The van der Waals surface area contributed by atoms with Crippen LogP contribution in [0.3, 0.4) is 0 Å². The standard InChI is InChI=1S/C15H20O3/c1-4-17-15(13(3)16,18-5-2)12-11-14-9-7-6-8-10-14/h6-12H,4-5H2,1-3H3. The predicted molar refractivity (Wildman–Crippen MR) is 72.1 cm³/mol. The third-order valence-corrected chi connectivity index (χ3v) is 2.50. The van der Waals surface area contributed by atoms with E-state index in [1.54, 1.807) is 6.08 Å². The summed E-state index contributed by atoms with van der Waals surface area (Å²) in [5.74, 6) is -1.42. The molecule has 1 aromatic rings. The van der Waals surface area contributed by atoms with E-state index in [-0.39, 0.29) is 5.78 Å². The molecule has 0 saturated heterocycles. The van der Waals surface area contributed by atoms with E-state index < -0.39 is 5.79 Å². The second-order valence-electron chi connectivity index (χ2n) is 3.83. The van der Waals surface area contributed by atoms with Gasteiger partial charge in [0, 0.05) is 20.1 Å². The second-order valence-corrected chi connectivity index (χ2v) is 3.83. The molecule has 0 N–H and O–H groups in total. The van der Waals surface area contributed by atoms with E-state index in [0.717, 1.165) is 5.56 Å². The Balaban J connectivity index is 2.96. The number of hydrogen-bond acceptors (Lipinski definition) is 3. The molecular formula is C15H20O3. The second kappa shape index (κ2) is 7.09. The van der Waals surface area contributed by atoms with Gasteiger partial charge in [-0.05, 0) is 25.5 Å². The number of ether oxygens (including phenoxy) is 2. The molecule has 0 unspecified atom stereocenters. The van der Waals surface area contributed by atoms with Gasteiger partial charge in [0.25, 0.3) is 0 Å². The van der Waals surface area contributed by atoms with Crippen LogP contribution in [0, 0.1) is 0 Å². The van der Waals surface area contributed by atoms with Gasteiger partial charge in [0.1, 0.15) is 0 Å². The van der Waals surface area contributed by atoms with Crippen LogP contribution >= 0.6 is 0 Å². The first-order valence-corrected chi connectivity index (χ1v) is 6.18. The van der Waals surface area contributed by atoms with E-state index in [1.807, 2.05) is 50.3 Å². The van der Waals surface area contributed by atoms with Crippen molar-refractivity contribution >= 4 is 11.9 Å². The van der Waals surface area contributed by atoms with Crippen LogP contribution in [0.15, 0.2) is 36.4 Å². The average Bonchev–Trinajstić information content (AvgIpc) is 2.37. The van der Waals surface area contributed by atoms with E-state index >= 15 is 0 Å². The monoisotopic (exact) mass is 248 g/mol. The fraction of sp³-hybridized carbons (Fsp3) is 0.400. The summed E-state index contributed by atoms with van der Waals surface area (Å²) in [5, 5.41) is 0. The van der Waals surface area contributed by atoms with Crippen LogP contribution in [-0.4, -0.2) is 24.8 Å². The van der Waals surface area contributed by atoms with Gasteiger partial charge in [-0.15, -0.1) is 0 Å². The Kier molecular flexibility index (Phi) is 5.75. The summed E-state index contributed by atoms with van der Waals surface area (Å²) in [4.78, 5) is 11.8. The number of hydrogen-bond donors (Lipinski definition) is 0. The molecule has 18 heavy (non-hydrogen) atoms. The molecule has 0 bridgehead atoms. The smallest absolute Gasteiger partial charge is 0.249 e. The molecule has 0 aromatic heterocycles. The van der Waals surface area contributed by atoms with Crippen molar-refractivity contribution in [3.63, 3.8) is 0 Å². The summed E-state index contributed by atoms with van der Waals surface area (Å²) in [6.07, 6.45) is 3.52. The topological polar surface area (TPSA) is 35.5 Å². The molecule has 98 valence electrons. The van der Waals surface area contributed by atoms with Crippen molar-refractivity contribution in [3.05, 3.63) is 42.0 Å². The Labute approximate surface area is 108 Å². The van der Waals surface area contributed by atoms with E-state index in [4.69, 9.17) is 9.47 Å². The summed E-state index contributed by atoms with van der Waals surface area (Å²) in [6.45, 7) is 5.98. The van der Waals surface area contributed by atoms with Gasteiger partial charge >= 0.3 is 0 Å². The van der Waals surface area contributed by atoms with E-state index in [9.17, 15) is 4.79 Å². The van der Waals surface area contributed by atoms with E-state index in [0.29, 0.717) is 13.2 Å². The molecular weight excluding hydrogens is 228 g/mol. The molecule has 3 nitrogen and oxygen atoms in total. The van der Waals surface area contributed by atoms with Gasteiger partial charge in [0.2, 0.25) is 5.79 Å². The van der Waals surface area contributed by atoms with Crippen LogP contribution in [0.25, 0.3) is 6.08 Å². The normalized spacial score (nSPS) is 11.9. The zero-order chi connectivity index (χ0) is 13.4. The molecule has 1 aromatic carbocycles. The molecule has 0 atom stereocenters. The van der Waals surface area contributed by atoms with E-state index in [2.05, 4.69) is 0 Å². The van der Waals surface area contributed by atoms with E-state index in [1.165, 1.54) is 6.92 Å². The molecule has 0 aliphatic carbocycles.